The quantitative estimate of drug-likeness (QED) is 0.00864. The summed E-state index contributed by atoms with van der Waals surface area (Å²) in [6.07, 6.45) is 23.4. The van der Waals surface area contributed by atoms with Crippen LogP contribution in [0, 0.1) is 23.7 Å². The number of thiazole rings is 2. The molecule has 0 amide bonds. The minimum Gasteiger partial charge on any atom is -0.494 e. The van der Waals surface area contributed by atoms with Gasteiger partial charge in [0.15, 0.2) is 0 Å². The first-order valence-electron chi connectivity index (χ1n) is 36.3. The number of carbonyl (C=O) groups is 6. The number of benzene rings is 5. The molecule has 9 rings (SSSR count). The average molecular weight is 1430 g/mol. The van der Waals surface area contributed by atoms with Crippen molar-refractivity contribution in [1.29, 1.82) is 0 Å². The van der Waals surface area contributed by atoms with Crippen molar-refractivity contribution < 1.29 is 66.7 Å². The van der Waals surface area contributed by atoms with Gasteiger partial charge in [-0.05, 0) is 201 Å². The molecule has 2 aromatic heterocycles. The topological polar surface area (TPSA) is 233 Å². The summed E-state index contributed by atoms with van der Waals surface area (Å²) < 4.78 is 48.7. The predicted molar refractivity (Wildman–Crippen MR) is 400 cm³/mol. The van der Waals surface area contributed by atoms with Crippen molar-refractivity contribution in [2.24, 2.45) is 33.9 Å². The van der Waals surface area contributed by atoms with Gasteiger partial charge >= 0.3 is 35.8 Å². The van der Waals surface area contributed by atoms with E-state index in [0.717, 1.165) is 135 Å². The van der Waals surface area contributed by atoms with E-state index in [1.807, 2.05) is 58.5 Å². The summed E-state index contributed by atoms with van der Waals surface area (Å²) in [4.78, 5) is 89.3. The molecule has 102 heavy (non-hydrogen) atoms. The van der Waals surface area contributed by atoms with Crippen LogP contribution in [0.1, 0.15) is 179 Å². The maximum atomic E-state index is 14.7. The van der Waals surface area contributed by atoms with Gasteiger partial charge in [0.05, 0.1) is 83.0 Å². The zero-order valence-electron chi connectivity index (χ0n) is 58.9. The van der Waals surface area contributed by atoms with E-state index < -0.39 is 47.5 Å². The van der Waals surface area contributed by atoms with E-state index in [0.29, 0.717) is 135 Å². The number of unbranched alkanes of at least 4 members (excludes halogenated alkanes) is 12. The van der Waals surface area contributed by atoms with E-state index in [1.54, 1.807) is 73.1 Å². The van der Waals surface area contributed by atoms with E-state index >= 15 is 0 Å². The molecular formula is C80H96N6O14S2. The second-order valence-corrected chi connectivity index (χ2v) is 27.7. The highest BCUT2D eigenvalue weighted by Gasteiger charge is 2.35. The smallest absolute Gasteiger partial charge is 0.330 e. The number of esters is 6. The van der Waals surface area contributed by atoms with Gasteiger partial charge < -0.3 is 37.9 Å². The number of para-hydroxylation sites is 2. The third-order valence-electron chi connectivity index (χ3n) is 18.0. The van der Waals surface area contributed by atoms with Gasteiger partial charge in [0.1, 0.15) is 34.5 Å². The van der Waals surface area contributed by atoms with Crippen molar-refractivity contribution in [3.05, 3.63) is 146 Å². The standard InChI is InChI=1S/C80H96N6O14S2/c1-5-9-11-21-47-85(79-83-67-27-17-19-29-71(67)101-79)81-55-61-53-70(100-78(92)60-37-33-58(34-38-60)76(90)98-66-45-41-64(42-46-66)94-50-24-14-16-26-52-96-74(88)8-4)62(56-82-86(48-22-12-10-6-2)80-84-68-28-18-20-30-72(68)102-80)54-69(61)99-77(91)59-35-31-57(32-36-59)75(89)97-65-43-39-63(40-44-65)93-49-23-13-15-25-51-95-73(87)7-3/h7-8,17-20,27-30,39-46,53-60H,3-6,9-16,21-26,31-38,47-52H2,1-2H3/b81-55+,82-56+. The maximum absolute atomic E-state index is 14.7. The molecule has 0 aliphatic heterocycles. The molecule has 0 unspecified atom stereocenters. The Morgan fingerprint density at radius 2 is 0.765 bits per heavy atom. The fraction of sp³-hybridized carbons (Fsp3) is 0.450. The first-order valence-corrected chi connectivity index (χ1v) is 37.9. The number of ether oxygens (including phenoxy) is 8. The van der Waals surface area contributed by atoms with Crippen molar-refractivity contribution >= 4 is 102 Å². The second kappa shape index (κ2) is 41.6. The molecule has 0 saturated heterocycles. The maximum Gasteiger partial charge on any atom is 0.330 e. The molecule has 2 saturated carbocycles. The largest absolute Gasteiger partial charge is 0.494 e. The minimum absolute atomic E-state index is 0.169. The van der Waals surface area contributed by atoms with E-state index in [4.69, 9.17) is 58.1 Å². The van der Waals surface area contributed by atoms with E-state index in [2.05, 4.69) is 27.0 Å². The number of hydrogen-bond donors (Lipinski definition) is 0. The third-order valence-corrected chi connectivity index (χ3v) is 20.1. The Labute approximate surface area is 606 Å². The summed E-state index contributed by atoms with van der Waals surface area (Å²) in [5, 5.41) is 15.3. The van der Waals surface area contributed by atoms with E-state index in [1.165, 1.54) is 22.7 Å². The van der Waals surface area contributed by atoms with Crippen molar-refractivity contribution in [2.45, 2.75) is 168 Å². The molecule has 542 valence electrons. The lowest BCUT2D eigenvalue weighted by Gasteiger charge is -2.26. The number of aromatic nitrogens is 2. The monoisotopic (exact) mass is 1430 g/mol. The predicted octanol–water partition coefficient (Wildman–Crippen LogP) is 17.7. The summed E-state index contributed by atoms with van der Waals surface area (Å²) in [5.41, 5.74) is 2.42. The second-order valence-electron chi connectivity index (χ2n) is 25.7. The molecule has 2 heterocycles. The fourth-order valence-electron chi connectivity index (χ4n) is 12.0. The molecule has 2 aliphatic carbocycles. The number of fused-ring (bicyclic) bond motifs is 2. The first-order chi connectivity index (χ1) is 49.9. The molecular weight excluding hydrogens is 1330 g/mol. The highest BCUT2D eigenvalue weighted by Crippen LogP contribution is 2.38. The normalized spacial score (nSPS) is 15.9. The van der Waals surface area contributed by atoms with Crippen LogP contribution in [0.3, 0.4) is 0 Å². The van der Waals surface area contributed by atoms with Gasteiger partial charge in [0.2, 0.25) is 10.3 Å². The lowest BCUT2D eigenvalue weighted by molar-refractivity contribution is -0.145. The molecule has 0 radical (unpaired) electrons. The zero-order chi connectivity index (χ0) is 71.7. The van der Waals surface area contributed by atoms with Crippen LogP contribution < -0.4 is 38.4 Å². The lowest BCUT2D eigenvalue weighted by Crippen LogP contribution is -2.31. The molecule has 7 aromatic rings. The van der Waals surface area contributed by atoms with Gasteiger partial charge in [-0.25, -0.2) is 29.6 Å². The summed E-state index contributed by atoms with van der Waals surface area (Å²) in [6, 6.07) is 33.2. The first kappa shape index (κ1) is 76.9. The third kappa shape index (κ3) is 24.5. The van der Waals surface area contributed by atoms with Crippen LogP contribution in [-0.2, 0) is 38.2 Å². The van der Waals surface area contributed by atoms with Gasteiger partial charge in [-0.2, -0.15) is 10.2 Å². The van der Waals surface area contributed by atoms with Crippen LogP contribution in [0.25, 0.3) is 20.4 Å². The fourth-order valence-corrected chi connectivity index (χ4v) is 13.9. The Kier molecular flexibility index (Phi) is 31.4. The van der Waals surface area contributed by atoms with Gasteiger partial charge in [-0.15, -0.1) is 0 Å². The molecule has 20 nitrogen and oxygen atoms in total. The molecule has 5 aromatic carbocycles. The van der Waals surface area contributed by atoms with Crippen LogP contribution >= 0.6 is 22.7 Å². The number of hydrazone groups is 2. The zero-order valence-corrected chi connectivity index (χ0v) is 60.5. The van der Waals surface area contributed by atoms with Gasteiger partial charge in [-0.3, -0.25) is 19.2 Å². The Balaban J connectivity index is 0.919. The molecule has 0 bridgehead atoms. The van der Waals surface area contributed by atoms with Gasteiger partial charge in [0.25, 0.3) is 0 Å². The molecule has 0 N–H and O–H groups in total. The molecule has 0 atom stereocenters. The Morgan fingerprint density at radius 3 is 1.12 bits per heavy atom. The van der Waals surface area contributed by atoms with Crippen LogP contribution in [0.2, 0.25) is 0 Å². The Morgan fingerprint density at radius 1 is 0.431 bits per heavy atom. The number of rotatable bonds is 42. The van der Waals surface area contributed by atoms with Crippen molar-refractivity contribution in [1.82, 2.24) is 9.97 Å². The summed E-state index contributed by atoms with van der Waals surface area (Å²) in [7, 11) is 0. The van der Waals surface area contributed by atoms with E-state index in [-0.39, 0.29) is 23.4 Å². The highest BCUT2D eigenvalue weighted by atomic mass is 32.1. The number of nitrogens with zero attached hydrogens (tertiary/aromatic N) is 6. The van der Waals surface area contributed by atoms with Crippen LogP contribution in [0.15, 0.2) is 145 Å². The molecule has 2 aliphatic rings. The van der Waals surface area contributed by atoms with Crippen molar-refractivity contribution in [3.63, 3.8) is 0 Å². The summed E-state index contributed by atoms with van der Waals surface area (Å²) in [6.45, 7) is 14.0. The van der Waals surface area contributed by atoms with Crippen molar-refractivity contribution in [3.8, 4) is 34.5 Å². The van der Waals surface area contributed by atoms with E-state index in [9.17, 15) is 28.8 Å². The summed E-state index contributed by atoms with van der Waals surface area (Å²) in [5.74, 6) is -2.08. The molecule has 0 spiro atoms. The van der Waals surface area contributed by atoms with Crippen molar-refractivity contribution in [2.75, 3.05) is 49.5 Å². The van der Waals surface area contributed by atoms with Crippen LogP contribution in [0.4, 0.5) is 10.3 Å². The van der Waals surface area contributed by atoms with Gasteiger partial charge in [0, 0.05) is 36.4 Å². The number of carbonyl (C=O) groups excluding carboxylic acids is 6. The minimum atomic E-state index is -0.551. The van der Waals surface area contributed by atoms with Crippen LogP contribution in [0.5, 0.6) is 34.5 Å². The highest BCUT2D eigenvalue weighted by molar-refractivity contribution is 7.22. The van der Waals surface area contributed by atoms with Crippen LogP contribution in [-0.4, -0.2) is 97.7 Å². The Hall–Kier alpha value is -9.28. The van der Waals surface area contributed by atoms with Gasteiger partial charge in [-0.1, -0.05) is 112 Å². The average Bonchev–Trinajstić information content (AvgIpc) is 0.952. The lowest BCUT2D eigenvalue weighted by atomic mass is 9.82. The SMILES string of the molecule is C=CC(=O)OCCCCCCOc1ccc(OC(=O)C2CCC(C(=O)Oc3cc(/C=N/N(CCCCCC)c4nc5ccccc5s4)c(OC(=O)C4CCC(C(=O)Oc5ccc(OCCCCCCOC(=O)C=C)cc5)CC4)cc3/C=N/N(CCCCCC)c3nc4ccccc4s3)CC2)cc1. The number of anilines is 2. The number of hydrogen-bond acceptors (Lipinski definition) is 22. The molecule has 2 fully saturated rings. The summed E-state index contributed by atoms with van der Waals surface area (Å²) >= 11 is 3.06. The Bertz CT molecular complexity index is 3590. The molecule has 22 heteroatoms.